The normalized spacial score (nSPS) is 32.9. The zero-order valence-electron chi connectivity index (χ0n) is 12.1. The van der Waals surface area contributed by atoms with E-state index in [0.717, 1.165) is 12.8 Å². The lowest BCUT2D eigenvalue weighted by molar-refractivity contribution is -0.150. The molecule has 0 spiro atoms. The highest BCUT2D eigenvalue weighted by Crippen LogP contribution is 2.40. The van der Waals surface area contributed by atoms with Crippen LogP contribution in [0.15, 0.2) is 0 Å². The van der Waals surface area contributed by atoms with Crippen molar-refractivity contribution in [2.45, 2.75) is 38.5 Å². The molecule has 1 saturated carbocycles. The molecule has 2 atom stereocenters. The van der Waals surface area contributed by atoms with Crippen LogP contribution >= 0.6 is 0 Å². The van der Waals surface area contributed by atoms with Gasteiger partial charge in [-0.25, -0.2) is 0 Å². The lowest BCUT2D eigenvalue weighted by Crippen LogP contribution is -2.41. The Morgan fingerprint density at radius 3 is 2.62 bits per heavy atom. The summed E-state index contributed by atoms with van der Waals surface area (Å²) in [5.74, 6) is -1.35. The van der Waals surface area contributed by atoms with Crippen molar-refractivity contribution in [3.05, 3.63) is 0 Å². The summed E-state index contributed by atoms with van der Waals surface area (Å²) in [5.41, 5.74) is -1.11. The number of nitrogens with one attached hydrogen (secondary N) is 1. The number of carboxylic acid groups (broad SMARTS) is 1. The van der Waals surface area contributed by atoms with Gasteiger partial charge in [-0.1, -0.05) is 19.3 Å². The van der Waals surface area contributed by atoms with Gasteiger partial charge in [-0.05, 0) is 18.8 Å². The molecule has 2 aliphatic heterocycles. The van der Waals surface area contributed by atoms with Crippen molar-refractivity contribution < 1.29 is 19.5 Å². The maximum Gasteiger partial charge on any atom is 0.314 e. The molecule has 6 heteroatoms. The van der Waals surface area contributed by atoms with Crippen LogP contribution < -0.4 is 5.32 Å². The van der Waals surface area contributed by atoms with E-state index in [2.05, 4.69) is 5.32 Å². The molecule has 21 heavy (non-hydrogen) atoms. The van der Waals surface area contributed by atoms with Gasteiger partial charge < -0.3 is 15.3 Å². The number of carbonyl (C=O) groups is 3. The van der Waals surface area contributed by atoms with Gasteiger partial charge in [0.05, 0.1) is 5.92 Å². The quantitative estimate of drug-likeness (QED) is 0.798. The van der Waals surface area contributed by atoms with E-state index in [9.17, 15) is 19.5 Å². The Labute approximate surface area is 123 Å². The number of hydrogen-bond donors (Lipinski definition) is 2. The monoisotopic (exact) mass is 294 g/mol. The summed E-state index contributed by atoms with van der Waals surface area (Å²) in [6, 6.07) is 0. The molecule has 3 rings (SSSR count). The van der Waals surface area contributed by atoms with Crippen LogP contribution in [0.2, 0.25) is 0 Å². The predicted molar refractivity (Wildman–Crippen MR) is 74.3 cm³/mol. The van der Waals surface area contributed by atoms with Crippen LogP contribution in [0, 0.1) is 17.3 Å². The Morgan fingerprint density at radius 2 is 2.00 bits per heavy atom. The van der Waals surface area contributed by atoms with E-state index in [1.807, 2.05) is 0 Å². The Hall–Kier alpha value is -1.59. The molecule has 0 aromatic rings. The number of carbonyl (C=O) groups excluding carboxylic acids is 2. The van der Waals surface area contributed by atoms with Crippen LogP contribution in [0.3, 0.4) is 0 Å². The fourth-order valence-corrected chi connectivity index (χ4v) is 4.04. The molecule has 3 fully saturated rings. The van der Waals surface area contributed by atoms with Crippen LogP contribution in [0.4, 0.5) is 0 Å². The highest BCUT2D eigenvalue weighted by Gasteiger charge is 2.60. The first-order chi connectivity index (χ1) is 10.0. The number of amides is 2. The summed E-state index contributed by atoms with van der Waals surface area (Å²) in [5, 5.41) is 12.1. The first kappa shape index (κ1) is 14.4. The summed E-state index contributed by atoms with van der Waals surface area (Å²) in [4.78, 5) is 37.4. The maximum atomic E-state index is 12.4. The minimum atomic E-state index is -1.11. The van der Waals surface area contributed by atoms with E-state index in [1.54, 1.807) is 4.90 Å². The van der Waals surface area contributed by atoms with E-state index in [0.29, 0.717) is 12.3 Å². The van der Waals surface area contributed by atoms with Crippen molar-refractivity contribution >= 4 is 17.8 Å². The molecule has 0 bridgehead atoms. The van der Waals surface area contributed by atoms with E-state index >= 15 is 0 Å². The second kappa shape index (κ2) is 5.31. The first-order valence-electron chi connectivity index (χ1n) is 7.82. The Bertz CT molecular complexity index is 472. The largest absolute Gasteiger partial charge is 0.481 e. The second-order valence-corrected chi connectivity index (χ2v) is 6.71. The van der Waals surface area contributed by atoms with Gasteiger partial charge in [0.2, 0.25) is 11.8 Å². The summed E-state index contributed by atoms with van der Waals surface area (Å²) in [7, 11) is 0. The highest BCUT2D eigenvalue weighted by molar-refractivity contribution is 5.93. The number of carboxylic acids is 1. The van der Waals surface area contributed by atoms with Crippen molar-refractivity contribution in [2.75, 3.05) is 19.6 Å². The van der Waals surface area contributed by atoms with E-state index in [4.69, 9.17) is 0 Å². The molecule has 0 radical (unpaired) electrons. The minimum Gasteiger partial charge on any atom is -0.481 e. The summed E-state index contributed by atoms with van der Waals surface area (Å²) < 4.78 is 0. The molecule has 2 saturated heterocycles. The highest BCUT2D eigenvalue weighted by atomic mass is 16.4. The van der Waals surface area contributed by atoms with Crippen molar-refractivity contribution in [3.8, 4) is 0 Å². The van der Waals surface area contributed by atoms with Crippen LogP contribution in [0.5, 0.6) is 0 Å². The third-order valence-electron chi connectivity index (χ3n) is 5.40. The summed E-state index contributed by atoms with van der Waals surface area (Å²) in [6.07, 6.45) is 6.30. The van der Waals surface area contributed by atoms with E-state index < -0.39 is 17.3 Å². The van der Waals surface area contributed by atoms with Crippen molar-refractivity contribution in [1.82, 2.24) is 10.2 Å². The molecule has 116 valence electrons. The number of nitrogens with zero attached hydrogens (tertiary/aromatic N) is 1. The van der Waals surface area contributed by atoms with Crippen molar-refractivity contribution in [3.63, 3.8) is 0 Å². The Balaban J connectivity index is 1.66. The topological polar surface area (TPSA) is 86.7 Å². The molecular weight excluding hydrogens is 272 g/mol. The third kappa shape index (κ3) is 2.40. The fraction of sp³-hybridized carbons (Fsp3) is 0.800. The number of aliphatic carboxylic acids is 1. The van der Waals surface area contributed by atoms with Crippen LogP contribution in [0.1, 0.15) is 38.5 Å². The molecule has 0 unspecified atom stereocenters. The molecule has 2 heterocycles. The molecule has 0 aromatic heterocycles. The van der Waals surface area contributed by atoms with Gasteiger partial charge in [0, 0.05) is 26.1 Å². The van der Waals surface area contributed by atoms with Crippen LogP contribution in [0.25, 0.3) is 0 Å². The van der Waals surface area contributed by atoms with Crippen molar-refractivity contribution in [1.29, 1.82) is 0 Å². The van der Waals surface area contributed by atoms with E-state index in [1.165, 1.54) is 19.3 Å². The lowest BCUT2D eigenvalue weighted by Gasteiger charge is -2.25. The smallest absolute Gasteiger partial charge is 0.314 e. The number of fused-ring (bicyclic) bond motifs is 1. The third-order valence-corrected chi connectivity index (χ3v) is 5.40. The minimum absolute atomic E-state index is 0.0183. The first-order valence-corrected chi connectivity index (χ1v) is 7.82. The van der Waals surface area contributed by atoms with Gasteiger partial charge in [0.25, 0.3) is 0 Å². The van der Waals surface area contributed by atoms with Gasteiger partial charge in [0.1, 0.15) is 5.41 Å². The molecule has 3 aliphatic rings. The lowest BCUT2D eigenvalue weighted by atomic mass is 9.81. The van der Waals surface area contributed by atoms with Gasteiger partial charge in [-0.15, -0.1) is 0 Å². The SMILES string of the molecule is O=C1NC[C@@]2(C(=O)O)CN(C(=O)CC3CCCCC3)C[C@@H]12. The molecule has 0 aromatic carbocycles. The van der Waals surface area contributed by atoms with Gasteiger partial charge in [0.15, 0.2) is 0 Å². The van der Waals surface area contributed by atoms with Gasteiger partial charge in [-0.2, -0.15) is 0 Å². The number of likely N-dealkylation sites (tertiary alicyclic amines) is 1. The number of hydrogen-bond acceptors (Lipinski definition) is 3. The zero-order chi connectivity index (χ0) is 15.0. The zero-order valence-corrected chi connectivity index (χ0v) is 12.1. The molecule has 2 N–H and O–H groups in total. The second-order valence-electron chi connectivity index (χ2n) is 6.71. The van der Waals surface area contributed by atoms with Crippen LogP contribution in [-0.2, 0) is 14.4 Å². The predicted octanol–water partition coefficient (Wildman–Crippen LogP) is 0.616. The van der Waals surface area contributed by atoms with E-state index in [-0.39, 0.29) is 31.4 Å². The summed E-state index contributed by atoms with van der Waals surface area (Å²) >= 11 is 0. The Kier molecular flexibility index (Phi) is 3.63. The molecule has 6 nitrogen and oxygen atoms in total. The van der Waals surface area contributed by atoms with Crippen molar-refractivity contribution in [2.24, 2.45) is 17.3 Å². The fourth-order valence-electron chi connectivity index (χ4n) is 4.04. The maximum absolute atomic E-state index is 12.4. The average Bonchev–Trinajstić information content (AvgIpc) is 2.99. The van der Waals surface area contributed by atoms with Crippen LogP contribution in [-0.4, -0.2) is 47.4 Å². The average molecular weight is 294 g/mol. The summed E-state index contributed by atoms with van der Waals surface area (Å²) in [6.45, 7) is 0.556. The van der Waals surface area contributed by atoms with Gasteiger partial charge in [-0.3, -0.25) is 14.4 Å². The Morgan fingerprint density at radius 1 is 1.29 bits per heavy atom. The number of rotatable bonds is 3. The molecule has 2 amide bonds. The standard InChI is InChI=1S/C15H22N2O4/c18-12(6-10-4-2-1-3-5-10)17-7-11-13(19)16-8-15(11,9-17)14(20)21/h10-11H,1-9H2,(H,16,19)(H,20,21)/t11-,15+/m0/s1. The van der Waals surface area contributed by atoms with Gasteiger partial charge >= 0.3 is 5.97 Å². The molecule has 1 aliphatic carbocycles. The molecular formula is C15H22N2O4.